The Bertz CT molecular complexity index is 1780. The first-order chi connectivity index (χ1) is 20.9. The smallest absolute Gasteiger partial charge is 0.240 e. The van der Waals surface area contributed by atoms with Crippen molar-refractivity contribution < 1.29 is 16.8 Å². The van der Waals surface area contributed by atoms with Crippen LogP contribution in [0.25, 0.3) is 0 Å². The van der Waals surface area contributed by atoms with Crippen molar-refractivity contribution in [2.75, 3.05) is 30.3 Å². The molecule has 15 heteroatoms. The molecule has 0 bridgehead atoms. The van der Waals surface area contributed by atoms with Crippen LogP contribution in [0.5, 0.6) is 0 Å². The van der Waals surface area contributed by atoms with Crippen molar-refractivity contribution in [1.82, 2.24) is 19.4 Å². The van der Waals surface area contributed by atoms with Crippen molar-refractivity contribution in [2.24, 2.45) is 10.2 Å². The lowest BCUT2D eigenvalue weighted by atomic mass is 10.1. The molecule has 0 aliphatic rings. The number of aryl methyl sites for hydroxylation is 1. The quantitative estimate of drug-likeness (QED) is 0.114. The average molecular weight is 636 g/mol. The third-order valence-electron chi connectivity index (χ3n) is 6.41. The van der Waals surface area contributed by atoms with Gasteiger partial charge in [-0.2, -0.15) is 20.2 Å². The second-order valence-corrected chi connectivity index (χ2v) is 13.3. The van der Waals surface area contributed by atoms with Crippen LogP contribution < -0.4 is 25.6 Å². The highest BCUT2D eigenvalue weighted by atomic mass is 32.2. The summed E-state index contributed by atoms with van der Waals surface area (Å²) < 4.78 is 52.7. The topological polar surface area (TPSA) is 179 Å². The third-order valence-corrected chi connectivity index (χ3v) is 9.27. The maximum Gasteiger partial charge on any atom is 0.240 e. The van der Waals surface area contributed by atoms with Gasteiger partial charge >= 0.3 is 0 Å². The Morgan fingerprint density at radius 1 is 0.636 bits per heavy atom. The van der Waals surface area contributed by atoms with Crippen molar-refractivity contribution in [1.29, 1.82) is 0 Å². The summed E-state index contributed by atoms with van der Waals surface area (Å²) in [6.07, 6.45) is 0. The highest BCUT2D eigenvalue weighted by Crippen LogP contribution is 2.20. The Balaban J connectivity index is 1.58. The Morgan fingerprint density at radius 2 is 1.05 bits per heavy atom. The van der Waals surface area contributed by atoms with Crippen LogP contribution in [0.3, 0.4) is 0 Å². The molecule has 13 nitrogen and oxygen atoms in total. The molecule has 4 rings (SSSR count). The predicted molar refractivity (Wildman–Crippen MR) is 174 cm³/mol. The van der Waals surface area contributed by atoms with Crippen molar-refractivity contribution in [3.63, 3.8) is 0 Å². The predicted octanol–water partition coefficient (Wildman–Crippen LogP) is 4.02. The van der Waals surface area contributed by atoms with E-state index in [1.165, 1.54) is 38.4 Å². The number of sulfonamides is 2. The summed E-state index contributed by atoms with van der Waals surface area (Å²) in [5, 5.41) is 12.0. The monoisotopic (exact) mass is 635 g/mol. The fraction of sp³-hybridized carbons (Fsp3) is 0.172. The minimum absolute atomic E-state index is 0.151. The lowest BCUT2D eigenvalue weighted by Crippen LogP contribution is -2.18. The van der Waals surface area contributed by atoms with Gasteiger partial charge in [-0.1, -0.05) is 42.0 Å². The lowest BCUT2D eigenvalue weighted by molar-refractivity contribution is 0.586. The second-order valence-electron chi connectivity index (χ2n) is 9.53. The summed E-state index contributed by atoms with van der Waals surface area (Å²) >= 11 is 0. The lowest BCUT2D eigenvalue weighted by Gasteiger charge is -2.11. The summed E-state index contributed by atoms with van der Waals surface area (Å²) in [7, 11) is -4.38. The highest BCUT2D eigenvalue weighted by Gasteiger charge is 2.13. The minimum Gasteiger partial charge on any atom is -0.324 e. The maximum absolute atomic E-state index is 12.0. The molecule has 5 N–H and O–H groups in total. The van der Waals surface area contributed by atoms with Gasteiger partial charge in [0.05, 0.1) is 21.2 Å². The van der Waals surface area contributed by atoms with E-state index in [-0.39, 0.29) is 15.7 Å². The number of nitrogens with one attached hydrogen (secondary N) is 5. The van der Waals surface area contributed by atoms with Gasteiger partial charge in [-0.3, -0.25) is 10.9 Å². The molecule has 0 unspecified atom stereocenters. The van der Waals surface area contributed by atoms with Gasteiger partial charge in [0.15, 0.2) is 11.6 Å². The SMILES string of the molecule is CNS(=O)(=O)c1ccc(C(C)=NNc2cc(NN=C(C)c3ccc(S(=O)(=O)NC)cc3)nc(Nc3ccc(C)cc3)n2)cc1. The van der Waals surface area contributed by atoms with E-state index < -0.39 is 20.0 Å². The number of benzene rings is 3. The fourth-order valence-corrected chi connectivity index (χ4v) is 5.24. The molecule has 4 aromatic rings. The molecule has 1 heterocycles. The molecular weight excluding hydrogens is 603 g/mol. The summed E-state index contributed by atoms with van der Waals surface area (Å²) in [5.74, 6) is 1.01. The van der Waals surface area contributed by atoms with Gasteiger partial charge in [-0.05, 0) is 82.4 Å². The minimum atomic E-state index is -3.55. The van der Waals surface area contributed by atoms with Crippen molar-refractivity contribution in [3.8, 4) is 0 Å². The Kier molecular flexibility index (Phi) is 10.1. The van der Waals surface area contributed by atoms with Crippen LogP contribution in [0.1, 0.15) is 30.5 Å². The number of nitrogens with zero attached hydrogens (tertiary/aromatic N) is 4. The molecule has 0 saturated heterocycles. The van der Waals surface area contributed by atoms with Crippen LogP contribution in [0, 0.1) is 6.92 Å². The highest BCUT2D eigenvalue weighted by molar-refractivity contribution is 7.89. The molecule has 0 aliphatic heterocycles. The second kappa shape index (κ2) is 13.7. The molecule has 0 atom stereocenters. The molecule has 0 saturated carbocycles. The summed E-state index contributed by atoms with van der Waals surface area (Å²) in [4.78, 5) is 9.34. The van der Waals surface area contributed by atoms with Gasteiger partial charge < -0.3 is 5.32 Å². The molecule has 0 aliphatic carbocycles. The van der Waals surface area contributed by atoms with Crippen molar-refractivity contribution >= 4 is 54.7 Å². The largest absolute Gasteiger partial charge is 0.324 e. The summed E-state index contributed by atoms with van der Waals surface area (Å²) in [6.45, 7) is 5.55. The normalized spacial score (nSPS) is 12.6. The van der Waals surface area contributed by atoms with Gasteiger partial charge in [-0.25, -0.2) is 26.3 Å². The average Bonchev–Trinajstić information content (AvgIpc) is 3.03. The number of hydrazone groups is 2. The van der Waals surface area contributed by atoms with E-state index in [1.807, 2.05) is 31.2 Å². The van der Waals surface area contributed by atoms with Gasteiger partial charge in [0.2, 0.25) is 26.0 Å². The molecule has 0 radical (unpaired) electrons. The molecule has 44 heavy (non-hydrogen) atoms. The van der Waals surface area contributed by atoms with Crippen LogP contribution in [0.2, 0.25) is 0 Å². The Labute approximate surface area is 257 Å². The summed E-state index contributed by atoms with van der Waals surface area (Å²) in [5.41, 5.74) is 10.4. The number of aromatic nitrogens is 2. The molecule has 3 aromatic carbocycles. The van der Waals surface area contributed by atoms with E-state index in [0.29, 0.717) is 34.2 Å². The van der Waals surface area contributed by atoms with Gasteiger partial charge in [0, 0.05) is 11.8 Å². The number of hydrogen-bond acceptors (Lipinski definition) is 11. The van der Waals surface area contributed by atoms with E-state index >= 15 is 0 Å². The van der Waals surface area contributed by atoms with Crippen molar-refractivity contribution in [2.45, 2.75) is 30.6 Å². The van der Waals surface area contributed by atoms with Crippen LogP contribution in [-0.4, -0.2) is 52.3 Å². The fourth-order valence-electron chi connectivity index (χ4n) is 3.78. The molecule has 1 aromatic heterocycles. The first-order valence-corrected chi connectivity index (χ1v) is 16.3. The molecular formula is C29H33N9O4S2. The van der Waals surface area contributed by atoms with E-state index in [2.05, 4.69) is 45.8 Å². The summed E-state index contributed by atoms with van der Waals surface area (Å²) in [6, 6.07) is 22.1. The zero-order valence-electron chi connectivity index (χ0n) is 24.7. The third kappa shape index (κ3) is 8.23. The first-order valence-electron chi connectivity index (χ1n) is 13.3. The van der Waals surface area contributed by atoms with Crippen LogP contribution in [0.4, 0.5) is 23.3 Å². The van der Waals surface area contributed by atoms with E-state index in [0.717, 1.165) is 11.3 Å². The molecule has 230 valence electrons. The van der Waals surface area contributed by atoms with Gasteiger partial charge in [-0.15, -0.1) is 0 Å². The maximum atomic E-state index is 12.0. The van der Waals surface area contributed by atoms with Gasteiger partial charge in [0.25, 0.3) is 0 Å². The zero-order valence-corrected chi connectivity index (χ0v) is 26.4. The molecule has 0 spiro atoms. The molecule has 0 amide bonds. The van der Waals surface area contributed by atoms with Crippen LogP contribution >= 0.6 is 0 Å². The van der Waals surface area contributed by atoms with E-state index in [1.54, 1.807) is 44.2 Å². The van der Waals surface area contributed by atoms with Crippen LogP contribution in [-0.2, 0) is 20.0 Å². The number of anilines is 4. The van der Waals surface area contributed by atoms with E-state index in [4.69, 9.17) is 0 Å². The standard InChI is InChI=1S/C29H33N9O4S2/c1-19-6-12-24(13-7-19)32-29-33-27(37-35-20(2)22-8-14-25(15-9-22)43(39,40)30-4)18-28(34-29)38-36-21(3)23-10-16-26(17-11-23)44(41,42)31-5/h6-18,30-31H,1-5H3,(H3,32,33,34,37,38). The van der Waals surface area contributed by atoms with Crippen LogP contribution in [0.15, 0.2) is 98.9 Å². The zero-order chi connectivity index (χ0) is 31.9. The van der Waals surface area contributed by atoms with E-state index in [9.17, 15) is 16.8 Å². The molecule has 0 fully saturated rings. The Hall–Kier alpha value is -4.70. The number of hydrogen-bond donors (Lipinski definition) is 5. The Morgan fingerprint density at radius 3 is 1.43 bits per heavy atom. The number of rotatable bonds is 12. The first kappa shape index (κ1) is 32.2. The van der Waals surface area contributed by atoms with Gasteiger partial charge in [0.1, 0.15) is 0 Å². The van der Waals surface area contributed by atoms with Crippen molar-refractivity contribution in [3.05, 3.63) is 95.6 Å².